The van der Waals surface area contributed by atoms with Gasteiger partial charge in [-0.3, -0.25) is 9.59 Å². The number of amides is 1. The zero-order chi connectivity index (χ0) is 15.4. The molecule has 2 N–H and O–H groups in total. The quantitative estimate of drug-likeness (QED) is 0.841. The Bertz CT molecular complexity index is 749. The zero-order valence-electron chi connectivity index (χ0n) is 11.6. The van der Waals surface area contributed by atoms with Gasteiger partial charge in [0.25, 0.3) is 5.91 Å². The van der Waals surface area contributed by atoms with Crippen LogP contribution in [0.4, 0.5) is 5.69 Å². The lowest BCUT2D eigenvalue weighted by molar-refractivity contribution is 0.0602. The van der Waals surface area contributed by atoms with Crippen LogP contribution in [0.5, 0.6) is 0 Å². The molecule has 0 saturated carbocycles. The smallest absolute Gasteiger partial charge is 0.339 e. The third-order valence-corrected chi connectivity index (χ3v) is 2.84. The summed E-state index contributed by atoms with van der Waals surface area (Å²) in [5.41, 5.74) is 1.17. The molecule has 1 amide bonds. The van der Waals surface area contributed by atoms with Crippen molar-refractivity contribution in [3.63, 3.8) is 0 Å². The van der Waals surface area contributed by atoms with E-state index in [1.165, 1.54) is 25.3 Å². The van der Waals surface area contributed by atoms with E-state index in [1.807, 2.05) is 6.92 Å². The molecule has 1 heterocycles. The summed E-state index contributed by atoms with van der Waals surface area (Å²) in [5, 5.41) is 2.59. The van der Waals surface area contributed by atoms with E-state index in [-0.39, 0.29) is 16.8 Å². The molecule has 6 nitrogen and oxygen atoms in total. The Morgan fingerprint density at radius 1 is 1.19 bits per heavy atom. The van der Waals surface area contributed by atoms with Gasteiger partial charge in [-0.1, -0.05) is 17.7 Å². The molecule has 0 unspecified atom stereocenters. The summed E-state index contributed by atoms with van der Waals surface area (Å²) in [4.78, 5) is 37.4. The van der Waals surface area contributed by atoms with Crippen LogP contribution in [0.2, 0.25) is 0 Å². The van der Waals surface area contributed by atoms with E-state index in [9.17, 15) is 14.4 Å². The normalized spacial score (nSPS) is 10.0. The number of rotatable bonds is 3. The van der Waals surface area contributed by atoms with Crippen molar-refractivity contribution in [2.45, 2.75) is 6.92 Å². The zero-order valence-corrected chi connectivity index (χ0v) is 11.6. The average molecular weight is 286 g/mol. The first-order chi connectivity index (χ1) is 10.0. The van der Waals surface area contributed by atoms with Crippen molar-refractivity contribution in [2.75, 3.05) is 12.4 Å². The molecule has 1 aromatic carbocycles. The summed E-state index contributed by atoms with van der Waals surface area (Å²) in [6, 6.07) is 9.25. The maximum absolute atomic E-state index is 12.1. The SMILES string of the molecule is COC(=O)c1cc(C)ccc1NC(=O)c1cccc(=O)[nH]1. The van der Waals surface area contributed by atoms with Crippen LogP contribution in [-0.4, -0.2) is 24.0 Å². The van der Waals surface area contributed by atoms with Gasteiger partial charge in [-0.2, -0.15) is 0 Å². The molecule has 0 bridgehead atoms. The van der Waals surface area contributed by atoms with Gasteiger partial charge in [0.15, 0.2) is 0 Å². The fourth-order valence-electron chi connectivity index (χ4n) is 1.82. The van der Waals surface area contributed by atoms with Crippen LogP contribution < -0.4 is 10.9 Å². The first-order valence-corrected chi connectivity index (χ1v) is 6.21. The standard InChI is InChI=1S/C15H14N2O4/c1-9-6-7-11(10(8-9)15(20)21-2)17-14(19)12-4-3-5-13(18)16-12/h3-8H,1-2H3,(H,16,18)(H,17,19). The first-order valence-electron chi connectivity index (χ1n) is 6.21. The molecule has 1 aromatic heterocycles. The third kappa shape index (κ3) is 3.36. The summed E-state index contributed by atoms with van der Waals surface area (Å²) in [6.45, 7) is 1.83. The molecular formula is C15H14N2O4. The molecular weight excluding hydrogens is 272 g/mol. The second kappa shape index (κ2) is 6.04. The predicted octanol–water partition coefficient (Wildman–Crippen LogP) is 1.72. The molecule has 0 aliphatic heterocycles. The van der Waals surface area contributed by atoms with Crippen molar-refractivity contribution in [1.29, 1.82) is 0 Å². The van der Waals surface area contributed by atoms with E-state index < -0.39 is 11.9 Å². The molecule has 0 saturated heterocycles. The summed E-state index contributed by atoms with van der Waals surface area (Å²) in [6.07, 6.45) is 0. The Kier molecular flexibility index (Phi) is 4.18. The molecule has 6 heteroatoms. The Morgan fingerprint density at radius 3 is 2.62 bits per heavy atom. The number of hydrogen-bond acceptors (Lipinski definition) is 4. The summed E-state index contributed by atoms with van der Waals surface area (Å²) < 4.78 is 4.69. The van der Waals surface area contributed by atoms with Gasteiger partial charge in [-0.15, -0.1) is 0 Å². The highest BCUT2D eigenvalue weighted by Gasteiger charge is 2.15. The summed E-state index contributed by atoms with van der Waals surface area (Å²) in [5.74, 6) is -1.06. The Morgan fingerprint density at radius 2 is 1.95 bits per heavy atom. The largest absolute Gasteiger partial charge is 0.465 e. The van der Waals surface area contributed by atoms with E-state index in [1.54, 1.807) is 18.2 Å². The van der Waals surface area contributed by atoms with Gasteiger partial charge < -0.3 is 15.0 Å². The van der Waals surface area contributed by atoms with Crippen molar-refractivity contribution in [1.82, 2.24) is 4.98 Å². The van der Waals surface area contributed by atoms with Crippen LogP contribution in [0.3, 0.4) is 0 Å². The highest BCUT2D eigenvalue weighted by molar-refractivity contribution is 6.07. The van der Waals surface area contributed by atoms with Gasteiger partial charge in [0.05, 0.1) is 18.4 Å². The fourth-order valence-corrected chi connectivity index (χ4v) is 1.82. The Balaban J connectivity index is 2.33. The van der Waals surface area contributed by atoms with Crippen molar-refractivity contribution >= 4 is 17.6 Å². The number of aromatic amines is 1. The number of benzene rings is 1. The van der Waals surface area contributed by atoms with E-state index in [4.69, 9.17) is 4.74 Å². The van der Waals surface area contributed by atoms with E-state index >= 15 is 0 Å². The van der Waals surface area contributed by atoms with Crippen LogP contribution in [0.25, 0.3) is 0 Å². The van der Waals surface area contributed by atoms with Crippen molar-refractivity contribution in [3.05, 3.63) is 63.6 Å². The number of carbonyl (C=O) groups excluding carboxylic acids is 2. The van der Waals surface area contributed by atoms with Gasteiger partial charge in [0.1, 0.15) is 5.69 Å². The highest BCUT2D eigenvalue weighted by atomic mass is 16.5. The number of anilines is 1. The second-order valence-corrected chi connectivity index (χ2v) is 4.42. The van der Waals surface area contributed by atoms with E-state index in [2.05, 4.69) is 10.3 Å². The van der Waals surface area contributed by atoms with Gasteiger partial charge in [0, 0.05) is 6.07 Å². The van der Waals surface area contributed by atoms with Crippen molar-refractivity contribution < 1.29 is 14.3 Å². The molecule has 0 radical (unpaired) electrons. The molecule has 2 rings (SSSR count). The van der Waals surface area contributed by atoms with Gasteiger partial charge >= 0.3 is 5.97 Å². The average Bonchev–Trinajstić information content (AvgIpc) is 2.48. The maximum Gasteiger partial charge on any atom is 0.339 e. The molecule has 108 valence electrons. The first kappa shape index (κ1) is 14.5. The van der Waals surface area contributed by atoms with Crippen LogP contribution in [-0.2, 0) is 4.74 Å². The lowest BCUT2D eigenvalue weighted by Crippen LogP contribution is -2.19. The Labute approximate surface area is 120 Å². The third-order valence-electron chi connectivity index (χ3n) is 2.84. The van der Waals surface area contributed by atoms with Crippen LogP contribution in [0.15, 0.2) is 41.2 Å². The van der Waals surface area contributed by atoms with Crippen LogP contribution in [0, 0.1) is 6.92 Å². The topological polar surface area (TPSA) is 88.3 Å². The number of H-pyrrole nitrogens is 1. The number of aryl methyl sites for hydroxylation is 1. The number of aromatic nitrogens is 1. The molecule has 21 heavy (non-hydrogen) atoms. The fraction of sp³-hybridized carbons (Fsp3) is 0.133. The van der Waals surface area contributed by atoms with Gasteiger partial charge in [-0.25, -0.2) is 4.79 Å². The number of methoxy groups -OCH3 is 1. The number of carbonyl (C=O) groups is 2. The molecule has 0 aliphatic rings. The summed E-state index contributed by atoms with van der Waals surface area (Å²) in [7, 11) is 1.27. The Hall–Kier alpha value is -2.89. The number of pyridine rings is 1. The van der Waals surface area contributed by atoms with Crippen LogP contribution in [0.1, 0.15) is 26.4 Å². The molecule has 2 aromatic rings. The monoisotopic (exact) mass is 286 g/mol. The molecule has 0 atom stereocenters. The lowest BCUT2D eigenvalue weighted by atomic mass is 10.1. The van der Waals surface area contributed by atoms with Gasteiger partial charge in [0.2, 0.25) is 5.56 Å². The summed E-state index contributed by atoms with van der Waals surface area (Å²) >= 11 is 0. The highest BCUT2D eigenvalue weighted by Crippen LogP contribution is 2.19. The van der Waals surface area contributed by atoms with E-state index in [0.717, 1.165) is 5.56 Å². The van der Waals surface area contributed by atoms with Crippen molar-refractivity contribution in [3.8, 4) is 0 Å². The number of ether oxygens (including phenoxy) is 1. The van der Waals surface area contributed by atoms with Crippen molar-refractivity contribution in [2.24, 2.45) is 0 Å². The maximum atomic E-state index is 12.1. The minimum Gasteiger partial charge on any atom is -0.465 e. The lowest BCUT2D eigenvalue weighted by Gasteiger charge is -2.10. The van der Waals surface area contributed by atoms with Crippen LogP contribution >= 0.6 is 0 Å². The number of nitrogens with one attached hydrogen (secondary N) is 2. The van der Waals surface area contributed by atoms with E-state index in [0.29, 0.717) is 5.69 Å². The minimum absolute atomic E-state index is 0.110. The molecule has 0 spiro atoms. The van der Waals surface area contributed by atoms with Gasteiger partial charge in [-0.05, 0) is 25.1 Å². The number of esters is 1. The minimum atomic E-state index is -0.546. The number of hydrogen-bond donors (Lipinski definition) is 2. The molecule has 0 aliphatic carbocycles. The predicted molar refractivity (Wildman–Crippen MR) is 77.5 cm³/mol. The molecule has 0 fully saturated rings. The second-order valence-electron chi connectivity index (χ2n) is 4.42.